The first-order valence-electron chi connectivity index (χ1n) is 5.58. The standard InChI is InChI=1S/C12H14ClN5O/c1-19-10-11(16-7-17-12(10)18-14)15-6-8-3-2-4-9(13)5-8/h2-5,7H,6,14H2,1H3,(H2,15,16,17,18). The second kappa shape index (κ2) is 6.21. The molecule has 0 spiro atoms. The van der Waals surface area contributed by atoms with Gasteiger partial charge in [-0.1, -0.05) is 23.7 Å². The first-order valence-corrected chi connectivity index (χ1v) is 5.96. The van der Waals surface area contributed by atoms with Crippen LogP contribution in [0.4, 0.5) is 11.6 Å². The number of rotatable bonds is 5. The van der Waals surface area contributed by atoms with Gasteiger partial charge in [0, 0.05) is 11.6 Å². The van der Waals surface area contributed by atoms with Gasteiger partial charge in [-0.05, 0) is 17.7 Å². The van der Waals surface area contributed by atoms with E-state index in [2.05, 4.69) is 20.7 Å². The number of methoxy groups -OCH3 is 1. The van der Waals surface area contributed by atoms with E-state index in [0.29, 0.717) is 29.0 Å². The van der Waals surface area contributed by atoms with Crippen LogP contribution in [0.3, 0.4) is 0 Å². The van der Waals surface area contributed by atoms with Crippen molar-refractivity contribution in [1.29, 1.82) is 0 Å². The van der Waals surface area contributed by atoms with E-state index < -0.39 is 0 Å². The summed E-state index contributed by atoms with van der Waals surface area (Å²) in [6, 6.07) is 7.56. The van der Waals surface area contributed by atoms with Crippen molar-refractivity contribution in [2.24, 2.45) is 5.84 Å². The van der Waals surface area contributed by atoms with E-state index in [1.54, 1.807) is 0 Å². The molecular formula is C12H14ClN5O. The van der Waals surface area contributed by atoms with Crippen molar-refractivity contribution in [1.82, 2.24) is 9.97 Å². The van der Waals surface area contributed by atoms with Gasteiger partial charge in [-0.2, -0.15) is 0 Å². The molecule has 7 heteroatoms. The Bertz CT molecular complexity index is 564. The average molecular weight is 280 g/mol. The molecule has 1 aromatic heterocycles. The van der Waals surface area contributed by atoms with Crippen molar-refractivity contribution < 1.29 is 4.74 Å². The van der Waals surface area contributed by atoms with Crippen molar-refractivity contribution in [2.75, 3.05) is 17.9 Å². The summed E-state index contributed by atoms with van der Waals surface area (Å²) in [7, 11) is 1.53. The van der Waals surface area contributed by atoms with Crippen LogP contribution in [0.25, 0.3) is 0 Å². The molecule has 4 N–H and O–H groups in total. The van der Waals surface area contributed by atoms with Gasteiger partial charge in [-0.15, -0.1) is 0 Å². The van der Waals surface area contributed by atoms with Gasteiger partial charge < -0.3 is 15.5 Å². The minimum Gasteiger partial charge on any atom is -0.490 e. The van der Waals surface area contributed by atoms with Crippen LogP contribution in [0.1, 0.15) is 5.56 Å². The molecule has 1 heterocycles. The smallest absolute Gasteiger partial charge is 0.205 e. The molecule has 6 nitrogen and oxygen atoms in total. The molecule has 0 radical (unpaired) electrons. The summed E-state index contributed by atoms with van der Waals surface area (Å²) >= 11 is 5.93. The number of aromatic nitrogens is 2. The number of benzene rings is 1. The largest absolute Gasteiger partial charge is 0.490 e. The molecule has 19 heavy (non-hydrogen) atoms. The maximum atomic E-state index is 5.93. The molecule has 0 aliphatic rings. The molecule has 0 fully saturated rings. The third-order valence-electron chi connectivity index (χ3n) is 2.49. The lowest BCUT2D eigenvalue weighted by Gasteiger charge is -2.12. The Balaban J connectivity index is 2.15. The zero-order valence-electron chi connectivity index (χ0n) is 10.4. The Labute approximate surface area is 115 Å². The van der Waals surface area contributed by atoms with Crippen LogP contribution in [-0.2, 0) is 6.54 Å². The molecule has 0 bridgehead atoms. The average Bonchev–Trinajstić information content (AvgIpc) is 2.44. The molecule has 2 rings (SSSR count). The maximum Gasteiger partial charge on any atom is 0.205 e. The molecule has 0 saturated carbocycles. The minimum absolute atomic E-state index is 0.422. The van der Waals surface area contributed by atoms with Crippen LogP contribution in [0.2, 0.25) is 5.02 Å². The Hall–Kier alpha value is -2.05. The fraction of sp³-hybridized carbons (Fsp3) is 0.167. The normalized spacial score (nSPS) is 10.1. The Kier molecular flexibility index (Phi) is 4.38. The quantitative estimate of drug-likeness (QED) is 0.574. The van der Waals surface area contributed by atoms with Gasteiger partial charge in [0.05, 0.1) is 7.11 Å². The summed E-state index contributed by atoms with van der Waals surface area (Å²) in [5.74, 6) is 6.80. The highest BCUT2D eigenvalue weighted by Crippen LogP contribution is 2.28. The molecule has 0 saturated heterocycles. The fourth-order valence-corrected chi connectivity index (χ4v) is 1.84. The number of nitrogens with zero attached hydrogens (tertiary/aromatic N) is 2. The number of hydrogen-bond donors (Lipinski definition) is 3. The topological polar surface area (TPSA) is 85.1 Å². The highest BCUT2D eigenvalue weighted by Gasteiger charge is 2.10. The molecule has 0 aliphatic heterocycles. The van der Waals surface area contributed by atoms with Gasteiger partial charge in [-0.3, -0.25) is 0 Å². The Morgan fingerprint density at radius 3 is 2.79 bits per heavy atom. The Morgan fingerprint density at radius 2 is 2.11 bits per heavy atom. The minimum atomic E-state index is 0.422. The van der Waals surface area contributed by atoms with Gasteiger partial charge in [0.2, 0.25) is 5.75 Å². The van der Waals surface area contributed by atoms with Gasteiger partial charge >= 0.3 is 0 Å². The van der Waals surface area contributed by atoms with E-state index in [4.69, 9.17) is 22.2 Å². The number of hydrogen-bond acceptors (Lipinski definition) is 6. The van der Waals surface area contributed by atoms with Crippen molar-refractivity contribution in [3.05, 3.63) is 41.2 Å². The first kappa shape index (κ1) is 13.4. The molecule has 0 unspecified atom stereocenters. The van der Waals surface area contributed by atoms with Crippen LogP contribution >= 0.6 is 11.6 Å². The van der Waals surface area contributed by atoms with Crippen molar-refractivity contribution in [2.45, 2.75) is 6.54 Å². The highest BCUT2D eigenvalue weighted by atomic mass is 35.5. The zero-order chi connectivity index (χ0) is 13.7. The van der Waals surface area contributed by atoms with E-state index in [-0.39, 0.29) is 0 Å². The first-order chi connectivity index (χ1) is 9.24. The van der Waals surface area contributed by atoms with Gasteiger partial charge in [0.15, 0.2) is 11.6 Å². The molecule has 0 amide bonds. The Morgan fingerprint density at radius 1 is 1.32 bits per heavy atom. The molecule has 2 aromatic rings. The number of hydrazine groups is 1. The molecule has 1 aromatic carbocycles. The summed E-state index contributed by atoms with van der Waals surface area (Å²) in [4.78, 5) is 8.08. The van der Waals surface area contributed by atoms with Crippen LogP contribution < -0.4 is 21.3 Å². The summed E-state index contributed by atoms with van der Waals surface area (Å²) in [6.07, 6.45) is 1.40. The number of nitrogen functional groups attached to an aromatic ring is 1. The SMILES string of the molecule is COc1c(NN)ncnc1NCc1cccc(Cl)c1. The lowest BCUT2D eigenvalue weighted by molar-refractivity contribution is 0.414. The van der Waals surface area contributed by atoms with Crippen molar-refractivity contribution in [3.63, 3.8) is 0 Å². The third kappa shape index (κ3) is 3.24. The molecular weight excluding hydrogens is 266 g/mol. The second-order valence-electron chi connectivity index (χ2n) is 3.73. The predicted molar refractivity (Wildman–Crippen MR) is 75.2 cm³/mol. The lowest BCUT2D eigenvalue weighted by atomic mass is 10.2. The van der Waals surface area contributed by atoms with E-state index >= 15 is 0 Å². The van der Waals surface area contributed by atoms with Crippen molar-refractivity contribution >= 4 is 23.2 Å². The lowest BCUT2D eigenvalue weighted by Crippen LogP contribution is -2.12. The maximum absolute atomic E-state index is 5.93. The molecule has 100 valence electrons. The second-order valence-corrected chi connectivity index (χ2v) is 4.17. The predicted octanol–water partition coefficient (Wildman–Crippen LogP) is 2.04. The summed E-state index contributed by atoms with van der Waals surface area (Å²) in [5, 5.41) is 3.84. The number of anilines is 2. The van der Waals surface area contributed by atoms with E-state index in [1.807, 2.05) is 24.3 Å². The van der Waals surface area contributed by atoms with Crippen molar-refractivity contribution in [3.8, 4) is 5.75 Å². The summed E-state index contributed by atoms with van der Waals surface area (Å²) in [5.41, 5.74) is 3.49. The van der Waals surface area contributed by atoms with E-state index in [1.165, 1.54) is 13.4 Å². The van der Waals surface area contributed by atoms with Crippen LogP contribution in [0.5, 0.6) is 5.75 Å². The number of nitrogens with one attached hydrogen (secondary N) is 2. The van der Waals surface area contributed by atoms with Gasteiger partial charge in [0.25, 0.3) is 0 Å². The van der Waals surface area contributed by atoms with Gasteiger partial charge in [-0.25, -0.2) is 15.8 Å². The number of nitrogens with two attached hydrogens (primary N) is 1. The van der Waals surface area contributed by atoms with Gasteiger partial charge in [0.1, 0.15) is 6.33 Å². The van der Waals surface area contributed by atoms with Crippen LogP contribution in [0.15, 0.2) is 30.6 Å². The third-order valence-corrected chi connectivity index (χ3v) is 2.73. The van der Waals surface area contributed by atoms with Crippen LogP contribution in [0, 0.1) is 0 Å². The zero-order valence-corrected chi connectivity index (χ0v) is 11.1. The number of halogens is 1. The fourth-order valence-electron chi connectivity index (χ4n) is 1.63. The van der Waals surface area contributed by atoms with E-state index in [9.17, 15) is 0 Å². The van der Waals surface area contributed by atoms with E-state index in [0.717, 1.165) is 5.56 Å². The summed E-state index contributed by atoms with van der Waals surface area (Å²) in [6.45, 7) is 0.567. The highest BCUT2D eigenvalue weighted by molar-refractivity contribution is 6.30. The molecule has 0 aliphatic carbocycles. The summed E-state index contributed by atoms with van der Waals surface area (Å²) < 4.78 is 5.22. The van der Waals surface area contributed by atoms with Crippen LogP contribution in [-0.4, -0.2) is 17.1 Å². The molecule has 0 atom stereocenters. The monoisotopic (exact) mass is 279 g/mol. The number of ether oxygens (including phenoxy) is 1.